The molecule has 380 valence electrons. The molecule has 0 aromatic rings. The van der Waals surface area contributed by atoms with Crippen molar-refractivity contribution in [3.8, 4) is 0 Å². The minimum Gasteiger partial charge on any atom is -0.462 e. The van der Waals surface area contributed by atoms with Crippen LogP contribution in [-0.2, 0) is 28.6 Å². The Kier molecular flexibility index (Phi) is 51.5. The minimum atomic E-state index is -0.826. The second-order valence-corrected chi connectivity index (χ2v) is 17.8. The van der Waals surface area contributed by atoms with Crippen molar-refractivity contribution in [1.82, 2.24) is 0 Å². The topological polar surface area (TPSA) is 78.9 Å². The second-order valence-electron chi connectivity index (χ2n) is 17.8. The van der Waals surface area contributed by atoms with E-state index in [0.29, 0.717) is 19.3 Å². The Morgan fingerprint density at radius 2 is 0.657 bits per heavy atom. The second kappa shape index (κ2) is 54.7. The third-order valence-electron chi connectivity index (χ3n) is 11.3. The Morgan fingerprint density at radius 1 is 0.328 bits per heavy atom. The fraction of sp³-hybridized carbons (Fsp3) is 0.656. The zero-order chi connectivity index (χ0) is 48.6. The molecular weight excluding hydrogens is 829 g/mol. The lowest BCUT2D eigenvalue weighted by Crippen LogP contribution is -2.30. The van der Waals surface area contributed by atoms with E-state index in [2.05, 4.69) is 93.7 Å². The monoisotopic (exact) mass is 929 g/mol. The summed E-state index contributed by atoms with van der Waals surface area (Å²) >= 11 is 0. The summed E-state index contributed by atoms with van der Waals surface area (Å²) in [4.78, 5) is 38.0. The van der Waals surface area contributed by atoms with E-state index in [1.165, 1.54) is 116 Å². The zero-order valence-corrected chi connectivity index (χ0v) is 43.4. The Morgan fingerprint density at radius 3 is 1.15 bits per heavy atom. The van der Waals surface area contributed by atoms with Gasteiger partial charge in [0.25, 0.3) is 0 Å². The Bertz CT molecular complexity index is 1390. The van der Waals surface area contributed by atoms with E-state index in [0.717, 1.165) is 77.0 Å². The van der Waals surface area contributed by atoms with Crippen LogP contribution in [0.2, 0.25) is 0 Å². The molecule has 0 bridgehead atoms. The van der Waals surface area contributed by atoms with E-state index in [4.69, 9.17) is 14.2 Å². The Hall–Kier alpha value is -3.93. The molecule has 0 aromatic carbocycles. The summed E-state index contributed by atoms with van der Waals surface area (Å²) in [5, 5.41) is 0. The number of allylic oxidation sites excluding steroid dienone is 18. The van der Waals surface area contributed by atoms with Crippen LogP contribution in [0.25, 0.3) is 0 Å². The first-order valence-electron chi connectivity index (χ1n) is 27.4. The van der Waals surface area contributed by atoms with Gasteiger partial charge in [-0.05, 0) is 103 Å². The number of hydrogen-bond donors (Lipinski definition) is 0. The fourth-order valence-electron chi connectivity index (χ4n) is 7.20. The molecule has 0 saturated heterocycles. The number of carbonyl (C=O) groups is 3. The molecule has 0 aliphatic heterocycles. The van der Waals surface area contributed by atoms with Crippen LogP contribution in [0.3, 0.4) is 0 Å². The van der Waals surface area contributed by atoms with Gasteiger partial charge in [0.1, 0.15) is 13.2 Å². The average molecular weight is 929 g/mol. The zero-order valence-electron chi connectivity index (χ0n) is 43.4. The lowest BCUT2D eigenvalue weighted by Gasteiger charge is -2.18. The van der Waals surface area contributed by atoms with E-state index in [-0.39, 0.29) is 37.5 Å². The molecule has 0 N–H and O–H groups in total. The van der Waals surface area contributed by atoms with Crippen molar-refractivity contribution in [2.45, 2.75) is 245 Å². The molecule has 6 nitrogen and oxygen atoms in total. The molecule has 0 aliphatic rings. The highest BCUT2D eigenvalue weighted by Crippen LogP contribution is 2.14. The molecule has 67 heavy (non-hydrogen) atoms. The molecular formula is C61H100O6. The molecule has 1 unspecified atom stereocenters. The van der Waals surface area contributed by atoms with Crippen molar-refractivity contribution >= 4 is 17.9 Å². The maximum absolute atomic E-state index is 12.8. The van der Waals surface area contributed by atoms with E-state index >= 15 is 0 Å². The normalized spacial score (nSPS) is 12.9. The number of esters is 3. The van der Waals surface area contributed by atoms with Crippen molar-refractivity contribution in [3.05, 3.63) is 109 Å². The van der Waals surface area contributed by atoms with Gasteiger partial charge in [-0.15, -0.1) is 0 Å². The third kappa shape index (κ3) is 52.9. The van der Waals surface area contributed by atoms with Crippen LogP contribution < -0.4 is 0 Å². The first-order chi connectivity index (χ1) is 33.0. The summed E-state index contributed by atoms with van der Waals surface area (Å²) in [6.07, 6.45) is 73.7. The van der Waals surface area contributed by atoms with Crippen LogP contribution in [0.4, 0.5) is 0 Å². The van der Waals surface area contributed by atoms with Gasteiger partial charge in [-0.2, -0.15) is 0 Å². The number of carbonyl (C=O) groups excluding carboxylic acids is 3. The molecule has 0 amide bonds. The van der Waals surface area contributed by atoms with Crippen molar-refractivity contribution in [2.24, 2.45) is 0 Å². The lowest BCUT2D eigenvalue weighted by atomic mass is 10.1. The molecule has 6 heteroatoms. The van der Waals surface area contributed by atoms with Gasteiger partial charge in [0, 0.05) is 19.3 Å². The largest absolute Gasteiger partial charge is 0.462 e. The summed E-state index contributed by atoms with van der Waals surface area (Å²) in [5.41, 5.74) is 0. The van der Waals surface area contributed by atoms with Gasteiger partial charge >= 0.3 is 17.9 Å². The summed E-state index contributed by atoms with van der Waals surface area (Å²) < 4.78 is 16.7. The minimum absolute atomic E-state index is 0.116. The van der Waals surface area contributed by atoms with Crippen molar-refractivity contribution in [2.75, 3.05) is 13.2 Å². The first-order valence-corrected chi connectivity index (χ1v) is 27.4. The van der Waals surface area contributed by atoms with Gasteiger partial charge in [-0.25, -0.2) is 0 Å². The van der Waals surface area contributed by atoms with E-state index in [1.807, 2.05) is 36.5 Å². The number of ether oxygens (including phenoxy) is 3. The molecule has 0 aliphatic carbocycles. The van der Waals surface area contributed by atoms with Crippen molar-refractivity contribution in [1.29, 1.82) is 0 Å². The fourth-order valence-corrected chi connectivity index (χ4v) is 7.20. The smallest absolute Gasteiger partial charge is 0.306 e. The highest BCUT2D eigenvalue weighted by molar-refractivity contribution is 5.71. The predicted octanol–water partition coefficient (Wildman–Crippen LogP) is 18.3. The predicted molar refractivity (Wildman–Crippen MR) is 288 cm³/mol. The van der Waals surface area contributed by atoms with Crippen molar-refractivity contribution < 1.29 is 28.6 Å². The first kappa shape index (κ1) is 63.1. The number of rotatable bonds is 48. The standard InChI is InChI=1S/C61H100O6/c1-4-7-10-13-16-19-22-25-27-29-30-32-33-36-39-42-45-48-51-54-60(63)66-57-58(56-65-59(62)53-50-47-44-41-38-35-24-21-18-15-12-9-6-3)67-61(64)55-52-49-46-43-40-37-34-31-28-26-23-20-17-14-11-8-5-2/h9,12,15,17-18,20-21,24,26,28-30,34-35,37-38,43,46,58H,4-8,10-11,13-14,16,19,22-23,25,27,31-33,36,39-42,44-45,47-57H2,1-3H3/b12-9-,18-15-,20-17-,24-21-,28-26-,30-29-,37-34-,38-35-,46-43-. The van der Waals surface area contributed by atoms with E-state index in [1.54, 1.807) is 0 Å². The molecule has 1 atom stereocenters. The average Bonchev–Trinajstić information content (AvgIpc) is 3.33. The van der Waals surface area contributed by atoms with Gasteiger partial charge < -0.3 is 14.2 Å². The summed E-state index contributed by atoms with van der Waals surface area (Å²) in [6.45, 7) is 6.38. The molecule has 0 heterocycles. The maximum Gasteiger partial charge on any atom is 0.306 e. The highest BCUT2D eigenvalue weighted by Gasteiger charge is 2.19. The highest BCUT2D eigenvalue weighted by atomic mass is 16.6. The Labute approximate surface area is 412 Å². The van der Waals surface area contributed by atoms with Gasteiger partial charge in [-0.3, -0.25) is 14.4 Å². The summed E-state index contributed by atoms with van der Waals surface area (Å²) in [5.74, 6) is -1.02. The lowest BCUT2D eigenvalue weighted by molar-refractivity contribution is -0.167. The Balaban J connectivity index is 4.51. The molecule has 0 spiro atoms. The van der Waals surface area contributed by atoms with Crippen LogP contribution in [0, 0.1) is 0 Å². The molecule has 0 radical (unpaired) electrons. The molecule has 0 saturated carbocycles. The van der Waals surface area contributed by atoms with E-state index < -0.39 is 6.10 Å². The van der Waals surface area contributed by atoms with Crippen molar-refractivity contribution in [3.63, 3.8) is 0 Å². The molecule has 0 aromatic heterocycles. The quantitative estimate of drug-likeness (QED) is 0.0199. The molecule has 0 rings (SSSR count). The van der Waals surface area contributed by atoms with Crippen LogP contribution in [0.1, 0.15) is 239 Å². The third-order valence-corrected chi connectivity index (χ3v) is 11.3. The van der Waals surface area contributed by atoms with Crippen LogP contribution in [-0.4, -0.2) is 37.2 Å². The van der Waals surface area contributed by atoms with Gasteiger partial charge in [0.05, 0.1) is 0 Å². The van der Waals surface area contributed by atoms with Gasteiger partial charge in [-0.1, -0.05) is 226 Å². The maximum atomic E-state index is 12.8. The van der Waals surface area contributed by atoms with Crippen LogP contribution in [0.5, 0.6) is 0 Å². The summed E-state index contributed by atoms with van der Waals surface area (Å²) in [7, 11) is 0. The van der Waals surface area contributed by atoms with E-state index in [9.17, 15) is 14.4 Å². The summed E-state index contributed by atoms with van der Waals surface area (Å²) in [6, 6.07) is 0. The van der Waals surface area contributed by atoms with Gasteiger partial charge in [0.2, 0.25) is 0 Å². The number of hydrogen-bond acceptors (Lipinski definition) is 6. The van der Waals surface area contributed by atoms with Crippen LogP contribution in [0.15, 0.2) is 109 Å². The molecule has 0 fully saturated rings. The van der Waals surface area contributed by atoms with Gasteiger partial charge in [0.15, 0.2) is 6.10 Å². The SMILES string of the molecule is CC\C=C/C=C\C=C/C=C\CCCCCC(=O)OCC(COC(=O)CCCCCCCCC/C=C\CCCCCCCCCC)OC(=O)CCC/C=C\C/C=C\C/C=C\C/C=C\CCCCC. The van der Waals surface area contributed by atoms with Crippen LogP contribution >= 0.6 is 0 Å². The number of unbranched alkanes of at least 4 members (excludes halogenated alkanes) is 22.